The van der Waals surface area contributed by atoms with E-state index in [4.69, 9.17) is 4.74 Å². The molecular formula is C12H14N4O3. The van der Waals surface area contributed by atoms with Gasteiger partial charge in [0.2, 0.25) is 0 Å². The van der Waals surface area contributed by atoms with Crippen LogP contribution < -0.4 is 0 Å². The number of aromatic nitrogens is 4. The van der Waals surface area contributed by atoms with Gasteiger partial charge in [0.15, 0.2) is 5.82 Å². The van der Waals surface area contributed by atoms with Gasteiger partial charge in [-0.2, -0.15) is 5.10 Å². The zero-order chi connectivity index (χ0) is 13.8. The minimum absolute atomic E-state index is 0.300. The number of hydrogen-bond acceptors (Lipinski definition) is 6. The summed E-state index contributed by atoms with van der Waals surface area (Å²) in [5.41, 5.74) is 0.713. The summed E-state index contributed by atoms with van der Waals surface area (Å²) in [6.07, 6.45) is 5.08. The van der Waals surface area contributed by atoms with Crippen molar-refractivity contribution in [2.45, 2.75) is 20.0 Å². The maximum absolute atomic E-state index is 11.5. The minimum atomic E-state index is -0.779. The van der Waals surface area contributed by atoms with Gasteiger partial charge in [0.05, 0.1) is 24.5 Å². The lowest BCUT2D eigenvalue weighted by molar-refractivity contribution is 0.0526. The van der Waals surface area contributed by atoms with Crippen LogP contribution in [0.1, 0.15) is 36.0 Å². The van der Waals surface area contributed by atoms with Crippen molar-refractivity contribution in [3.8, 4) is 5.82 Å². The number of aliphatic hydroxyl groups is 1. The van der Waals surface area contributed by atoms with Gasteiger partial charge in [-0.3, -0.25) is 4.98 Å². The molecule has 0 aliphatic rings. The van der Waals surface area contributed by atoms with Crippen LogP contribution in [0, 0.1) is 0 Å². The Hall–Kier alpha value is -2.28. The molecule has 0 spiro atoms. The molecule has 0 radical (unpaired) electrons. The monoisotopic (exact) mass is 262 g/mol. The average molecular weight is 262 g/mol. The molecule has 2 heterocycles. The summed E-state index contributed by atoms with van der Waals surface area (Å²) in [6.45, 7) is 3.62. The Balaban J connectivity index is 2.36. The Morgan fingerprint density at radius 1 is 1.47 bits per heavy atom. The molecule has 0 fully saturated rings. The molecule has 0 bridgehead atoms. The van der Waals surface area contributed by atoms with E-state index in [1.54, 1.807) is 13.8 Å². The van der Waals surface area contributed by atoms with Crippen molar-refractivity contribution in [2.24, 2.45) is 0 Å². The second-order valence-corrected chi connectivity index (χ2v) is 3.84. The van der Waals surface area contributed by atoms with E-state index in [-0.39, 0.29) is 0 Å². The lowest BCUT2D eigenvalue weighted by atomic mass is 10.3. The molecule has 2 aromatic heterocycles. The number of carbonyl (C=O) groups excluding carboxylic acids is 1. The molecule has 7 heteroatoms. The van der Waals surface area contributed by atoms with Gasteiger partial charge in [-0.25, -0.2) is 14.5 Å². The first kappa shape index (κ1) is 13.2. The number of hydrogen-bond donors (Lipinski definition) is 1. The third-order valence-corrected chi connectivity index (χ3v) is 2.41. The number of ether oxygens (including phenoxy) is 1. The topological polar surface area (TPSA) is 90.1 Å². The predicted octanol–water partition coefficient (Wildman–Crippen LogP) is 0.892. The van der Waals surface area contributed by atoms with Crippen LogP contribution in [-0.4, -0.2) is 37.4 Å². The fourth-order valence-corrected chi connectivity index (χ4v) is 1.57. The molecule has 100 valence electrons. The molecule has 0 aromatic carbocycles. The Morgan fingerprint density at radius 3 is 2.89 bits per heavy atom. The third kappa shape index (κ3) is 2.76. The summed E-state index contributed by atoms with van der Waals surface area (Å²) >= 11 is 0. The zero-order valence-corrected chi connectivity index (χ0v) is 10.6. The number of aliphatic hydroxyl groups excluding tert-OH is 1. The molecule has 0 aliphatic heterocycles. The second-order valence-electron chi connectivity index (χ2n) is 3.84. The largest absolute Gasteiger partial charge is 0.462 e. The van der Waals surface area contributed by atoms with Crippen LogP contribution in [0.15, 0.2) is 24.8 Å². The van der Waals surface area contributed by atoms with E-state index in [0.717, 1.165) is 0 Å². The number of rotatable bonds is 4. The molecule has 1 N–H and O–H groups in total. The molecular weight excluding hydrogens is 248 g/mol. The van der Waals surface area contributed by atoms with Crippen molar-refractivity contribution in [2.75, 3.05) is 6.61 Å². The molecule has 1 atom stereocenters. The molecule has 0 saturated carbocycles. The van der Waals surface area contributed by atoms with Crippen LogP contribution in [0.25, 0.3) is 5.82 Å². The minimum Gasteiger partial charge on any atom is -0.462 e. The van der Waals surface area contributed by atoms with Gasteiger partial charge < -0.3 is 9.84 Å². The number of carbonyl (C=O) groups is 1. The number of esters is 1. The molecule has 0 saturated heterocycles. The van der Waals surface area contributed by atoms with E-state index in [1.807, 2.05) is 0 Å². The molecule has 7 nitrogen and oxygen atoms in total. The van der Waals surface area contributed by atoms with E-state index in [0.29, 0.717) is 23.7 Å². The quantitative estimate of drug-likeness (QED) is 0.823. The Kier molecular flexibility index (Phi) is 3.86. The Morgan fingerprint density at radius 2 is 2.21 bits per heavy atom. The second kappa shape index (κ2) is 5.57. The number of nitrogens with zero attached hydrogens (tertiary/aromatic N) is 4. The van der Waals surface area contributed by atoms with E-state index in [9.17, 15) is 9.90 Å². The van der Waals surface area contributed by atoms with Crippen LogP contribution in [0.4, 0.5) is 0 Å². The van der Waals surface area contributed by atoms with Gasteiger partial charge >= 0.3 is 5.97 Å². The molecule has 19 heavy (non-hydrogen) atoms. The SMILES string of the molecule is CCOC(=O)c1cnn(-c2nccnc2C(C)O)c1. The normalized spacial score (nSPS) is 12.2. The van der Waals surface area contributed by atoms with Crippen molar-refractivity contribution >= 4 is 5.97 Å². The highest BCUT2D eigenvalue weighted by molar-refractivity contribution is 5.88. The van der Waals surface area contributed by atoms with Crippen LogP contribution >= 0.6 is 0 Å². The van der Waals surface area contributed by atoms with Crippen molar-refractivity contribution < 1.29 is 14.6 Å². The molecule has 2 aromatic rings. The van der Waals surface area contributed by atoms with Gasteiger partial charge in [0, 0.05) is 18.6 Å². The summed E-state index contributed by atoms with van der Waals surface area (Å²) < 4.78 is 6.27. The summed E-state index contributed by atoms with van der Waals surface area (Å²) in [7, 11) is 0. The molecule has 2 rings (SSSR count). The van der Waals surface area contributed by atoms with Gasteiger partial charge in [0.25, 0.3) is 0 Å². The fourth-order valence-electron chi connectivity index (χ4n) is 1.57. The summed E-state index contributed by atoms with van der Waals surface area (Å²) in [5.74, 6) is -0.0655. The van der Waals surface area contributed by atoms with Crippen molar-refractivity contribution in [1.29, 1.82) is 0 Å². The predicted molar refractivity (Wildman–Crippen MR) is 65.7 cm³/mol. The van der Waals surface area contributed by atoms with Crippen molar-refractivity contribution in [3.05, 3.63) is 36.0 Å². The molecule has 0 amide bonds. The van der Waals surface area contributed by atoms with Crippen LogP contribution in [-0.2, 0) is 4.74 Å². The summed E-state index contributed by atoms with van der Waals surface area (Å²) in [4.78, 5) is 19.7. The van der Waals surface area contributed by atoms with Gasteiger partial charge in [0.1, 0.15) is 5.69 Å². The molecule has 1 unspecified atom stereocenters. The van der Waals surface area contributed by atoms with Crippen LogP contribution in [0.5, 0.6) is 0 Å². The highest BCUT2D eigenvalue weighted by Gasteiger charge is 2.15. The smallest absolute Gasteiger partial charge is 0.341 e. The first-order valence-corrected chi connectivity index (χ1v) is 5.84. The maximum Gasteiger partial charge on any atom is 0.341 e. The first-order chi connectivity index (χ1) is 9.13. The summed E-state index contributed by atoms with van der Waals surface area (Å²) in [6, 6.07) is 0. The Bertz CT molecular complexity index is 580. The van der Waals surface area contributed by atoms with E-state index in [2.05, 4.69) is 15.1 Å². The van der Waals surface area contributed by atoms with Gasteiger partial charge in [-0.15, -0.1) is 0 Å². The highest BCUT2D eigenvalue weighted by atomic mass is 16.5. The Labute approximate surface area is 109 Å². The first-order valence-electron chi connectivity index (χ1n) is 5.84. The maximum atomic E-state index is 11.5. The van der Waals surface area contributed by atoms with Crippen molar-refractivity contribution in [1.82, 2.24) is 19.7 Å². The van der Waals surface area contributed by atoms with Crippen molar-refractivity contribution in [3.63, 3.8) is 0 Å². The highest BCUT2D eigenvalue weighted by Crippen LogP contribution is 2.16. The van der Waals surface area contributed by atoms with E-state index in [1.165, 1.54) is 29.5 Å². The van der Waals surface area contributed by atoms with E-state index >= 15 is 0 Å². The van der Waals surface area contributed by atoms with E-state index < -0.39 is 12.1 Å². The van der Waals surface area contributed by atoms with Crippen LogP contribution in [0.2, 0.25) is 0 Å². The average Bonchev–Trinajstić information content (AvgIpc) is 2.88. The zero-order valence-electron chi connectivity index (χ0n) is 10.6. The van der Waals surface area contributed by atoms with Gasteiger partial charge in [-0.1, -0.05) is 0 Å². The lowest BCUT2D eigenvalue weighted by Gasteiger charge is -2.08. The lowest BCUT2D eigenvalue weighted by Crippen LogP contribution is -2.08. The van der Waals surface area contributed by atoms with Crippen LogP contribution in [0.3, 0.4) is 0 Å². The summed E-state index contributed by atoms with van der Waals surface area (Å²) in [5, 5.41) is 13.7. The third-order valence-electron chi connectivity index (χ3n) is 2.41. The standard InChI is InChI=1S/C12H14N4O3/c1-3-19-12(18)9-6-15-16(7-9)11-10(8(2)17)13-4-5-14-11/h4-8,17H,3H2,1-2H3. The van der Waals surface area contributed by atoms with Gasteiger partial charge in [-0.05, 0) is 13.8 Å². The fraction of sp³-hybridized carbons (Fsp3) is 0.333. The molecule has 0 aliphatic carbocycles.